The van der Waals surface area contributed by atoms with Crippen molar-refractivity contribution >= 4 is 27.3 Å². The molecule has 0 saturated carbocycles. The van der Waals surface area contributed by atoms with Gasteiger partial charge in [0.25, 0.3) is 0 Å². The highest BCUT2D eigenvalue weighted by molar-refractivity contribution is 9.10. The Morgan fingerprint density at radius 3 is 2.60 bits per heavy atom. The Bertz CT molecular complexity index is 774. The van der Waals surface area contributed by atoms with E-state index in [0.717, 1.165) is 22.3 Å². The van der Waals surface area contributed by atoms with E-state index in [1.165, 1.54) is 27.3 Å². The lowest BCUT2D eigenvalue weighted by Gasteiger charge is -2.13. The molecule has 0 aliphatic heterocycles. The Morgan fingerprint density at radius 2 is 1.75 bits per heavy atom. The van der Waals surface area contributed by atoms with Crippen LogP contribution in [0.1, 0.15) is 10.4 Å². The van der Waals surface area contributed by atoms with Gasteiger partial charge in [0.1, 0.15) is 5.01 Å². The van der Waals surface area contributed by atoms with E-state index < -0.39 is 0 Å². The van der Waals surface area contributed by atoms with Crippen LogP contribution in [0.25, 0.3) is 21.8 Å². The zero-order valence-corrected chi connectivity index (χ0v) is 13.2. The number of thiazole rings is 1. The lowest BCUT2D eigenvalue weighted by Crippen LogP contribution is -2.01. The van der Waals surface area contributed by atoms with Crippen molar-refractivity contribution in [1.29, 1.82) is 0 Å². The highest BCUT2D eigenvalue weighted by Gasteiger charge is 2.20. The van der Waals surface area contributed by atoms with Crippen molar-refractivity contribution in [3.63, 3.8) is 0 Å². The van der Waals surface area contributed by atoms with E-state index in [2.05, 4.69) is 64.5 Å². The van der Waals surface area contributed by atoms with Crippen LogP contribution in [0.15, 0.2) is 53.0 Å². The summed E-state index contributed by atoms with van der Waals surface area (Å²) in [4.78, 5) is 6.31. The molecule has 0 bridgehead atoms. The van der Waals surface area contributed by atoms with Crippen molar-refractivity contribution in [2.24, 2.45) is 0 Å². The molecule has 3 aromatic rings. The SMILES string of the molecule is Brc1ccc(-c2nc3c(s2)CCc2ccccc2-3)cc1. The lowest BCUT2D eigenvalue weighted by atomic mass is 9.94. The number of hydrogen-bond donors (Lipinski definition) is 0. The fraction of sp³-hybridized carbons (Fsp3) is 0.118. The molecule has 0 fully saturated rings. The summed E-state index contributed by atoms with van der Waals surface area (Å²) >= 11 is 5.31. The topological polar surface area (TPSA) is 12.9 Å². The minimum Gasteiger partial charge on any atom is -0.236 e. The highest BCUT2D eigenvalue weighted by Crippen LogP contribution is 2.39. The summed E-state index contributed by atoms with van der Waals surface area (Å²) in [6, 6.07) is 17.0. The molecule has 0 radical (unpaired) electrons. The fourth-order valence-electron chi connectivity index (χ4n) is 2.67. The molecule has 1 heterocycles. The Morgan fingerprint density at radius 1 is 0.950 bits per heavy atom. The average Bonchev–Trinajstić information content (AvgIpc) is 2.92. The Hall–Kier alpha value is -1.45. The second kappa shape index (κ2) is 4.83. The molecule has 0 atom stereocenters. The maximum atomic E-state index is 4.90. The molecule has 1 aliphatic rings. The van der Waals surface area contributed by atoms with Crippen molar-refractivity contribution in [2.45, 2.75) is 12.8 Å². The largest absolute Gasteiger partial charge is 0.236 e. The van der Waals surface area contributed by atoms with Gasteiger partial charge in [-0.2, -0.15) is 0 Å². The van der Waals surface area contributed by atoms with Crippen molar-refractivity contribution in [3.8, 4) is 21.8 Å². The Balaban J connectivity index is 1.84. The van der Waals surface area contributed by atoms with Crippen LogP contribution in [0.3, 0.4) is 0 Å². The van der Waals surface area contributed by atoms with Gasteiger partial charge < -0.3 is 0 Å². The van der Waals surface area contributed by atoms with Gasteiger partial charge in [0, 0.05) is 20.5 Å². The number of rotatable bonds is 1. The van der Waals surface area contributed by atoms with Gasteiger partial charge in [-0.15, -0.1) is 11.3 Å². The normalized spacial score (nSPS) is 12.8. The maximum Gasteiger partial charge on any atom is 0.124 e. The summed E-state index contributed by atoms with van der Waals surface area (Å²) in [6.07, 6.45) is 2.24. The summed E-state index contributed by atoms with van der Waals surface area (Å²) < 4.78 is 1.10. The van der Waals surface area contributed by atoms with Crippen LogP contribution in [-0.4, -0.2) is 4.98 Å². The van der Waals surface area contributed by atoms with Crippen molar-refractivity contribution in [1.82, 2.24) is 4.98 Å². The van der Waals surface area contributed by atoms with Gasteiger partial charge in [0.2, 0.25) is 0 Å². The van der Waals surface area contributed by atoms with Gasteiger partial charge in [-0.05, 0) is 30.5 Å². The summed E-state index contributed by atoms with van der Waals surface area (Å²) in [5.74, 6) is 0. The first-order valence-electron chi connectivity index (χ1n) is 6.65. The molecule has 0 saturated heterocycles. The van der Waals surface area contributed by atoms with E-state index in [0.29, 0.717) is 0 Å². The molecule has 1 nitrogen and oxygen atoms in total. The number of nitrogens with zero attached hydrogens (tertiary/aromatic N) is 1. The zero-order valence-electron chi connectivity index (χ0n) is 10.8. The zero-order chi connectivity index (χ0) is 13.5. The van der Waals surface area contributed by atoms with Crippen LogP contribution in [-0.2, 0) is 12.8 Å². The second-order valence-corrected chi connectivity index (χ2v) is 6.95. The molecule has 98 valence electrons. The summed E-state index contributed by atoms with van der Waals surface area (Å²) in [7, 11) is 0. The third-order valence-corrected chi connectivity index (χ3v) is 5.38. The number of aromatic nitrogens is 1. The average molecular weight is 342 g/mol. The standard InChI is InChI=1S/C17H12BrNS/c18-13-8-5-12(6-9-13)17-19-16-14-4-2-1-3-11(14)7-10-15(16)20-17/h1-6,8-9H,7,10H2. The summed E-state index contributed by atoms with van der Waals surface area (Å²) in [5.41, 5.74) is 5.13. The van der Waals surface area contributed by atoms with E-state index in [9.17, 15) is 0 Å². The van der Waals surface area contributed by atoms with Crippen LogP contribution in [0.4, 0.5) is 0 Å². The first-order chi connectivity index (χ1) is 9.81. The van der Waals surface area contributed by atoms with Gasteiger partial charge in [-0.3, -0.25) is 0 Å². The van der Waals surface area contributed by atoms with E-state index in [1.807, 2.05) is 11.3 Å². The quantitative estimate of drug-likeness (QED) is 0.582. The first kappa shape index (κ1) is 12.3. The lowest BCUT2D eigenvalue weighted by molar-refractivity contribution is 0.955. The monoisotopic (exact) mass is 341 g/mol. The molecule has 0 unspecified atom stereocenters. The van der Waals surface area contributed by atoms with Crippen LogP contribution in [0.2, 0.25) is 0 Å². The molecule has 2 aromatic carbocycles. The van der Waals surface area contributed by atoms with Crippen LogP contribution >= 0.6 is 27.3 Å². The minimum absolute atomic E-state index is 1.10. The van der Waals surface area contributed by atoms with E-state index in [4.69, 9.17) is 4.98 Å². The molecule has 3 heteroatoms. The molecule has 0 spiro atoms. The van der Waals surface area contributed by atoms with Crippen molar-refractivity contribution in [2.75, 3.05) is 0 Å². The van der Waals surface area contributed by atoms with Crippen molar-refractivity contribution < 1.29 is 0 Å². The van der Waals surface area contributed by atoms with Crippen LogP contribution < -0.4 is 0 Å². The minimum atomic E-state index is 1.10. The molecule has 1 aromatic heterocycles. The second-order valence-electron chi connectivity index (χ2n) is 4.95. The fourth-order valence-corrected chi connectivity index (χ4v) is 4.01. The summed E-state index contributed by atoms with van der Waals surface area (Å²) in [6.45, 7) is 0. The van der Waals surface area contributed by atoms with E-state index >= 15 is 0 Å². The van der Waals surface area contributed by atoms with E-state index in [-0.39, 0.29) is 0 Å². The Kier molecular flexibility index (Phi) is 2.97. The number of aryl methyl sites for hydroxylation is 2. The third kappa shape index (κ3) is 2.02. The number of fused-ring (bicyclic) bond motifs is 3. The van der Waals surface area contributed by atoms with Gasteiger partial charge >= 0.3 is 0 Å². The van der Waals surface area contributed by atoms with Gasteiger partial charge in [0.15, 0.2) is 0 Å². The molecular weight excluding hydrogens is 330 g/mol. The van der Waals surface area contributed by atoms with Gasteiger partial charge in [-0.1, -0.05) is 52.3 Å². The summed E-state index contributed by atoms with van der Waals surface area (Å²) in [5, 5.41) is 1.12. The first-order valence-corrected chi connectivity index (χ1v) is 8.26. The molecule has 20 heavy (non-hydrogen) atoms. The molecule has 0 amide bonds. The van der Waals surface area contributed by atoms with Crippen LogP contribution in [0.5, 0.6) is 0 Å². The molecule has 1 aliphatic carbocycles. The molecule has 0 N–H and O–H groups in total. The predicted molar refractivity (Wildman–Crippen MR) is 88.1 cm³/mol. The van der Waals surface area contributed by atoms with E-state index in [1.54, 1.807) is 0 Å². The number of hydrogen-bond acceptors (Lipinski definition) is 2. The van der Waals surface area contributed by atoms with Crippen LogP contribution in [0, 0.1) is 0 Å². The highest BCUT2D eigenvalue weighted by atomic mass is 79.9. The maximum absolute atomic E-state index is 4.90. The number of halogens is 1. The Labute approximate surface area is 130 Å². The van der Waals surface area contributed by atoms with Gasteiger partial charge in [-0.25, -0.2) is 4.98 Å². The predicted octanol–water partition coefficient (Wildman–Crippen LogP) is 5.34. The smallest absolute Gasteiger partial charge is 0.124 e. The third-order valence-electron chi connectivity index (χ3n) is 3.68. The molecular formula is C17H12BrNS. The van der Waals surface area contributed by atoms with Gasteiger partial charge in [0.05, 0.1) is 5.69 Å². The van der Waals surface area contributed by atoms with Crippen molar-refractivity contribution in [3.05, 3.63) is 63.4 Å². The molecule has 4 rings (SSSR count). The number of benzene rings is 2.